The zero-order chi connectivity index (χ0) is 18.8. The van der Waals surface area contributed by atoms with Crippen molar-refractivity contribution in [3.8, 4) is 0 Å². The van der Waals surface area contributed by atoms with E-state index < -0.39 is 30.6 Å². The fourth-order valence-corrected chi connectivity index (χ4v) is 2.55. The minimum absolute atomic E-state index is 0.0612. The summed E-state index contributed by atoms with van der Waals surface area (Å²) in [5.74, 6) is -1.02. The van der Waals surface area contributed by atoms with Crippen LogP contribution in [0.25, 0.3) is 0 Å². The smallest absolute Gasteiger partial charge is 0.407 e. The quantitative estimate of drug-likeness (QED) is 0.408. The molecule has 0 radical (unpaired) electrons. The Balaban J connectivity index is 2.43. The molecule has 1 aliphatic heterocycles. The summed E-state index contributed by atoms with van der Waals surface area (Å²) in [6.07, 6.45) is -1.55. The van der Waals surface area contributed by atoms with Gasteiger partial charge in [0.15, 0.2) is 6.29 Å². The number of nitrogens with one attached hydrogen (secondary N) is 1. The summed E-state index contributed by atoms with van der Waals surface area (Å²) in [5.41, 5.74) is 0. The van der Waals surface area contributed by atoms with Gasteiger partial charge < -0.3 is 34.8 Å². The number of carboxylic acids is 1. The Morgan fingerprint density at radius 1 is 1.20 bits per heavy atom. The SMILES string of the molecule is CC1C(OCCCCC(=O)O)OC(COC(=O)NCCO)C(O)C1C. The van der Waals surface area contributed by atoms with Crippen LogP contribution in [0.3, 0.4) is 0 Å². The molecule has 0 saturated carbocycles. The molecule has 0 aromatic rings. The second kappa shape index (κ2) is 11.2. The lowest BCUT2D eigenvalue weighted by molar-refractivity contribution is -0.268. The van der Waals surface area contributed by atoms with E-state index in [1.54, 1.807) is 0 Å². The molecule has 0 aliphatic carbocycles. The third kappa shape index (κ3) is 7.55. The van der Waals surface area contributed by atoms with E-state index in [4.69, 9.17) is 24.4 Å². The van der Waals surface area contributed by atoms with E-state index in [1.165, 1.54) is 0 Å². The molecular weight excluding hydrogens is 334 g/mol. The maximum atomic E-state index is 11.4. The third-order valence-electron chi connectivity index (χ3n) is 4.31. The summed E-state index contributed by atoms with van der Waals surface area (Å²) >= 11 is 0. The van der Waals surface area contributed by atoms with Gasteiger partial charge in [-0.05, 0) is 18.8 Å². The largest absolute Gasteiger partial charge is 0.481 e. The molecule has 1 heterocycles. The van der Waals surface area contributed by atoms with E-state index in [0.717, 1.165) is 0 Å². The molecule has 25 heavy (non-hydrogen) atoms. The van der Waals surface area contributed by atoms with Gasteiger partial charge in [-0.25, -0.2) is 4.79 Å². The second-order valence-electron chi connectivity index (χ2n) is 6.22. The fourth-order valence-electron chi connectivity index (χ4n) is 2.55. The Kier molecular flexibility index (Phi) is 9.73. The number of aliphatic carboxylic acids is 1. The van der Waals surface area contributed by atoms with Gasteiger partial charge in [0, 0.05) is 25.5 Å². The van der Waals surface area contributed by atoms with Crippen molar-refractivity contribution in [2.45, 2.75) is 51.6 Å². The van der Waals surface area contributed by atoms with Crippen molar-refractivity contribution >= 4 is 12.1 Å². The summed E-state index contributed by atoms with van der Waals surface area (Å²) in [5, 5.41) is 29.9. The van der Waals surface area contributed by atoms with Crippen molar-refractivity contribution in [3.05, 3.63) is 0 Å². The van der Waals surface area contributed by atoms with Gasteiger partial charge in [-0.15, -0.1) is 0 Å². The van der Waals surface area contributed by atoms with Crippen LogP contribution in [-0.4, -0.2) is 72.2 Å². The number of carboxylic acid groups (broad SMARTS) is 1. The minimum Gasteiger partial charge on any atom is -0.481 e. The molecule has 9 nitrogen and oxygen atoms in total. The van der Waals surface area contributed by atoms with Crippen LogP contribution in [-0.2, 0) is 19.0 Å². The van der Waals surface area contributed by atoms with E-state index in [9.17, 15) is 14.7 Å². The van der Waals surface area contributed by atoms with Crippen LogP contribution in [0.2, 0.25) is 0 Å². The summed E-state index contributed by atoms with van der Waals surface area (Å²) in [6, 6.07) is 0. The van der Waals surface area contributed by atoms with Crippen LogP contribution in [0.4, 0.5) is 4.79 Å². The topological polar surface area (TPSA) is 135 Å². The van der Waals surface area contributed by atoms with Crippen molar-refractivity contribution < 1.29 is 39.1 Å². The number of hydrogen-bond acceptors (Lipinski definition) is 7. The number of ether oxygens (including phenoxy) is 3. The van der Waals surface area contributed by atoms with E-state index in [1.807, 2.05) is 13.8 Å². The second-order valence-corrected chi connectivity index (χ2v) is 6.22. The molecule has 1 fully saturated rings. The summed E-state index contributed by atoms with van der Waals surface area (Å²) < 4.78 is 16.4. The van der Waals surface area contributed by atoms with Gasteiger partial charge in [0.1, 0.15) is 12.7 Å². The van der Waals surface area contributed by atoms with Crippen molar-refractivity contribution in [2.75, 3.05) is 26.4 Å². The molecule has 1 aliphatic rings. The van der Waals surface area contributed by atoms with E-state index in [-0.39, 0.29) is 38.0 Å². The molecular formula is C16H29NO8. The van der Waals surface area contributed by atoms with Crippen molar-refractivity contribution in [3.63, 3.8) is 0 Å². The summed E-state index contributed by atoms with van der Waals surface area (Å²) in [6.45, 7) is 3.90. The summed E-state index contributed by atoms with van der Waals surface area (Å²) in [7, 11) is 0. The number of rotatable bonds is 10. The van der Waals surface area contributed by atoms with Gasteiger partial charge in [0.25, 0.3) is 0 Å². The Hall–Kier alpha value is -1.42. The molecule has 9 heteroatoms. The molecule has 5 atom stereocenters. The molecule has 0 aromatic carbocycles. The van der Waals surface area contributed by atoms with Crippen LogP contribution >= 0.6 is 0 Å². The average molecular weight is 363 g/mol. The molecule has 0 aromatic heterocycles. The molecule has 146 valence electrons. The van der Waals surface area contributed by atoms with Gasteiger partial charge in [-0.1, -0.05) is 13.8 Å². The van der Waals surface area contributed by atoms with Gasteiger partial charge >= 0.3 is 12.1 Å². The number of aliphatic hydroxyl groups is 2. The molecule has 1 rings (SSSR count). The van der Waals surface area contributed by atoms with Crippen LogP contribution < -0.4 is 5.32 Å². The van der Waals surface area contributed by atoms with Crippen molar-refractivity contribution in [2.24, 2.45) is 11.8 Å². The van der Waals surface area contributed by atoms with E-state index >= 15 is 0 Å². The first-order chi connectivity index (χ1) is 11.9. The van der Waals surface area contributed by atoms with Crippen LogP contribution in [0.15, 0.2) is 0 Å². The van der Waals surface area contributed by atoms with Gasteiger partial charge in [-0.2, -0.15) is 0 Å². The number of carbonyl (C=O) groups is 2. The van der Waals surface area contributed by atoms with Crippen molar-refractivity contribution in [1.82, 2.24) is 5.32 Å². The fraction of sp³-hybridized carbons (Fsp3) is 0.875. The Labute approximate surface area is 147 Å². The van der Waals surface area contributed by atoms with Gasteiger partial charge in [-0.3, -0.25) is 4.79 Å². The normalized spacial score (nSPS) is 29.2. The van der Waals surface area contributed by atoms with Crippen LogP contribution in [0.5, 0.6) is 0 Å². The number of aliphatic hydroxyl groups excluding tert-OH is 2. The number of carbonyl (C=O) groups excluding carboxylic acids is 1. The van der Waals surface area contributed by atoms with Gasteiger partial charge in [0.2, 0.25) is 0 Å². The predicted octanol–water partition coefficient (Wildman–Crippen LogP) is 0.334. The maximum absolute atomic E-state index is 11.4. The van der Waals surface area contributed by atoms with Crippen LogP contribution in [0, 0.1) is 11.8 Å². The summed E-state index contributed by atoms with van der Waals surface area (Å²) in [4.78, 5) is 21.9. The number of alkyl carbamates (subject to hydrolysis) is 1. The Morgan fingerprint density at radius 2 is 1.92 bits per heavy atom. The highest BCUT2D eigenvalue weighted by molar-refractivity contribution is 5.67. The zero-order valence-corrected chi connectivity index (χ0v) is 14.7. The van der Waals surface area contributed by atoms with Crippen molar-refractivity contribution in [1.29, 1.82) is 0 Å². The highest BCUT2D eigenvalue weighted by Crippen LogP contribution is 2.31. The molecule has 4 N–H and O–H groups in total. The Morgan fingerprint density at radius 3 is 2.56 bits per heavy atom. The molecule has 5 unspecified atom stereocenters. The predicted molar refractivity (Wildman–Crippen MR) is 86.9 cm³/mol. The minimum atomic E-state index is -0.837. The lowest BCUT2D eigenvalue weighted by atomic mass is 9.85. The maximum Gasteiger partial charge on any atom is 0.407 e. The monoisotopic (exact) mass is 363 g/mol. The Bertz CT molecular complexity index is 419. The van der Waals surface area contributed by atoms with Crippen LogP contribution in [0.1, 0.15) is 33.1 Å². The molecule has 1 amide bonds. The number of unbranched alkanes of at least 4 members (excludes halogenated alkanes) is 1. The highest BCUT2D eigenvalue weighted by Gasteiger charge is 2.41. The van der Waals surface area contributed by atoms with E-state index in [0.29, 0.717) is 19.4 Å². The highest BCUT2D eigenvalue weighted by atomic mass is 16.7. The first-order valence-electron chi connectivity index (χ1n) is 8.55. The third-order valence-corrected chi connectivity index (χ3v) is 4.31. The standard InChI is InChI=1S/C16H29NO8/c1-10-11(2)15(23-8-4-3-5-13(19)20)25-12(14(10)21)9-24-16(22)17-6-7-18/h10-12,14-15,18,21H,3-9H2,1-2H3,(H,17,22)(H,19,20). The molecule has 1 saturated heterocycles. The zero-order valence-electron chi connectivity index (χ0n) is 14.7. The first kappa shape index (κ1) is 21.6. The molecule has 0 spiro atoms. The first-order valence-corrected chi connectivity index (χ1v) is 8.55. The van der Waals surface area contributed by atoms with E-state index in [2.05, 4.69) is 5.32 Å². The average Bonchev–Trinajstić information content (AvgIpc) is 2.58. The number of amides is 1. The van der Waals surface area contributed by atoms with Gasteiger partial charge in [0.05, 0.1) is 12.7 Å². The molecule has 0 bridgehead atoms. The lowest BCUT2D eigenvalue weighted by Crippen LogP contribution is -2.52. The number of hydrogen-bond donors (Lipinski definition) is 4. The lowest BCUT2D eigenvalue weighted by Gasteiger charge is -2.42.